The van der Waals surface area contributed by atoms with Crippen LogP contribution in [0.25, 0.3) is 0 Å². The van der Waals surface area contributed by atoms with Crippen LogP contribution in [0.1, 0.15) is 10.4 Å². The summed E-state index contributed by atoms with van der Waals surface area (Å²) in [5, 5.41) is 2.49. The van der Waals surface area contributed by atoms with Gasteiger partial charge in [-0.2, -0.15) is 0 Å². The molecule has 0 atom stereocenters. The molecule has 0 aliphatic rings. The minimum Gasteiger partial charge on any atom is -0.493 e. The fourth-order valence-corrected chi connectivity index (χ4v) is 1.87. The first kappa shape index (κ1) is 16.3. The lowest BCUT2D eigenvalue weighted by Gasteiger charge is -2.11. The van der Waals surface area contributed by atoms with Crippen molar-refractivity contribution in [1.29, 1.82) is 0 Å². The summed E-state index contributed by atoms with van der Waals surface area (Å²) in [7, 11) is 1.49. The second-order valence-electron chi connectivity index (χ2n) is 4.55. The zero-order chi connectivity index (χ0) is 16.8. The molecular formula is C16H15FN2O4. The minimum absolute atomic E-state index is 0.244. The third kappa shape index (κ3) is 4.19. The van der Waals surface area contributed by atoms with Crippen molar-refractivity contribution in [2.24, 2.45) is 5.73 Å². The monoisotopic (exact) mass is 318 g/mol. The quantitative estimate of drug-likeness (QED) is 0.851. The Kier molecular flexibility index (Phi) is 5.14. The van der Waals surface area contributed by atoms with Gasteiger partial charge in [-0.05, 0) is 30.3 Å². The fourth-order valence-electron chi connectivity index (χ4n) is 1.87. The summed E-state index contributed by atoms with van der Waals surface area (Å²) in [4.78, 5) is 22.9. The molecule has 0 radical (unpaired) electrons. The van der Waals surface area contributed by atoms with E-state index in [1.807, 2.05) is 0 Å². The molecule has 0 spiro atoms. The topological polar surface area (TPSA) is 90.7 Å². The number of hydrogen-bond donors (Lipinski definition) is 2. The Labute approximate surface area is 132 Å². The Morgan fingerprint density at radius 3 is 2.52 bits per heavy atom. The highest BCUT2D eigenvalue weighted by Crippen LogP contribution is 2.25. The summed E-state index contributed by atoms with van der Waals surface area (Å²) in [6.07, 6.45) is 0. The molecule has 0 aliphatic carbocycles. The molecule has 0 aromatic heterocycles. The number of carbonyl (C=O) groups is 2. The molecule has 2 aromatic rings. The number of para-hydroxylation sites is 2. The van der Waals surface area contributed by atoms with Crippen molar-refractivity contribution in [2.45, 2.75) is 0 Å². The number of anilines is 1. The van der Waals surface area contributed by atoms with Crippen molar-refractivity contribution in [2.75, 3.05) is 19.0 Å². The minimum atomic E-state index is -0.913. The molecule has 2 aromatic carbocycles. The molecule has 2 amide bonds. The number of nitrogens with one attached hydrogen (secondary N) is 1. The molecule has 0 aliphatic heterocycles. The van der Waals surface area contributed by atoms with E-state index in [1.54, 1.807) is 24.3 Å². The molecule has 7 heteroatoms. The number of hydrogen-bond acceptors (Lipinski definition) is 4. The maximum absolute atomic E-state index is 13.4. The predicted molar refractivity (Wildman–Crippen MR) is 82.0 cm³/mol. The van der Waals surface area contributed by atoms with Crippen molar-refractivity contribution >= 4 is 17.5 Å². The SMILES string of the molecule is COc1ccccc1OCC(=O)Nc1ccc(F)c(C(N)=O)c1. The lowest BCUT2D eigenvalue weighted by atomic mass is 10.2. The van der Waals surface area contributed by atoms with Gasteiger partial charge in [0.05, 0.1) is 12.7 Å². The maximum Gasteiger partial charge on any atom is 0.262 e. The number of nitrogens with two attached hydrogens (primary N) is 1. The Morgan fingerprint density at radius 2 is 1.87 bits per heavy atom. The van der Waals surface area contributed by atoms with Crippen molar-refractivity contribution in [3.8, 4) is 11.5 Å². The predicted octanol–water partition coefficient (Wildman–Crippen LogP) is 1.95. The second kappa shape index (κ2) is 7.26. The van der Waals surface area contributed by atoms with Gasteiger partial charge in [0.25, 0.3) is 11.8 Å². The highest BCUT2D eigenvalue weighted by atomic mass is 19.1. The third-order valence-corrected chi connectivity index (χ3v) is 2.94. The third-order valence-electron chi connectivity index (χ3n) is 2.94. The van der Waals surface area contributed by atoms with Crippen LogP contribution in [0.4, 0.5) is 10.1 Å². The number of carbonyl (C=O) groups excluding carboxylic acids is 2. The van der Waals surface area contributed by atoms with E-state index in [0.717, 1.165) is 6.07 Å². The van der Waals surface area contributed by atoms with Crippen LogP contribution in [-0.4, -0.2) is 25.5 Å². The van der Waals surface area contributed by atoms with Gasteiger partial charge < -0.3 is 20.5 Å². The maximum atomic E-state index is 13.4. The normalized spacial score (nSPS) is 10.0. The highest BCUT2D eigenvalue weighted by Gasteiger charge is 2.11. The molecule has 2 rings (SSSR count). The van der Waals surface area contributed by atoms with E-state index in [-0.39, 0.29) is 17.9 Å². The summed E-state index contributed by atoms with van der Waals surface area (Å²) in [6.45, 7) is -0.274. The fraction of sp³-hybridized carbons (Fsp3) is 0.125. The van der Waals surface area contributed by atoms with Crippen molar-refractivity contribution < 1.29 is 23.5 Å². The Morgan fingerprint density at radius 1 is 1.17 bits per heavy atom. The van der Waals surface area contributed by atoms with Crippen LogP contribution in [0.15, 0.2) is 42.5 Å². The van der Waals surface area contributed by atoms with E-state index in [4.69, 9.17) is 15.2 Å². The van der Waals surface area contributed by atoms with Gasteiger partial charge >= 0.3 is 0 Å². The first-order chi connectivity index (χ1) is 11.0. The van der Waals surface area contributed by atoms with Gasteiger partial charge in [-0.1, -0.05) is 12.1 Å². The molecule has 0 fully saturated rings. The van der Waals surface area contributed by atoms with Gasteiger partial charge in [0.2, 0.25) is 0 Å². The van der Waals surface area contributed by atoms with E-state index in [0.29, 0.717) is 11.5 Å². The molecule has 0 saturated heterocycles. The van der Waals surface area contributed by atoms with E-state index in [2.05, 4.69) is 5.32 Å². The lowest BCUT2D eigenvalue weighted by Crippen LogP contribution is -2.21. The summed E-state index contributed by atoms with van der Waals surface area (Å²) in [5.74, 6) is -1.22. The van der Waals surface area contributed by atoms with Gasteiger partial charge in [-0.3, -0.25) is 9.59 Å². The average Bonchev–Trinajstić information content (AvgIpc) is 2.54. The van der Waals surface area contributed by atoms with Crippen LogP contribution in [0.3, 0.4) is 0 Å². The molecule has 3 N–H and O–H groups in total. The summed E-state index contributed by atoms with van der Waals surface area (Å²) in [5.41, 5.74) is 5.00. The molecule has 6 nitrogen and oxygen atoms in total. The summed E-state index contributed by atoms with van der Waals surface area (Å²) >= 11 is 0. The second-order valence-corrected chi connectivity index (χ2v) is 4.55. The van der Waals surface area contributed by atoms with Crippen molar-refractivity contribution in [1.82, 2.24) is 0 Å². The van der Waals surface area contributed by atoms with Crippen LogP contribution in [-0.2, 0) is 4.79 Å². The first-order valence-electron chi connectivity index (χ1n) is 6.66. The molecule has 23 heavy (non-hydrogen) atoms. The summed E-state index contributed by atoms with van der Waals surface area (Å²) < 4.78 is 23.8. The summed E-state index contributed by atoms with van der Waals surface area (Å²) in [6, 6.07) is 10.4. The van der Waals surface area contributed by atoms with Gasteiger partial charge in [-0.15, -0.1) is 0 Å². The lowest BCUT2D eigenvalue weighted by molar-refractivity contribution is -0.118. The Bertz CT molecular complexity index is 734. The van der Waals surface area contributed by atoms with Gasteiger partial charge in [0.15, 0.2) is 18.1 Å². The standard InChI is InChI=1S/C16H15FN2O4/c1-22-13-4-2-3-5-14(13)23-9-15(20)19-10-6-7-12(17)11(8-10)16(18)21/h2-8H,9H2,1H3,(H2,18,21)(H,19,20). The van der Waals surface area contributed by atoms with Crippen LogP contribution >= 0.6 is 0 Å². The van der Waals surface area contributed by atoms with E-state index in [9.17, 15) is 14.0 Å². The van der Waals surface area contributed by atoms with E-state index in [1.165, 1.54) is 19.2 Å². The number of rotatable bonds is 6. The van der Waals surface area contributed by atoms with Gasteiger partial charge in [-0.25, -0.2) is 4.39 Å². The molecule has 0 heterocycles. The molecular weight excluding hydrogens is 303 g/mol. The first-order valence-corrected chi connectivity index (χ1v) is 6.66. The molecule has 120 valence electrons. The zero-order valence-corrected chi connectivity index (χ0v) is 12.3. The van der Waals surface area contributed by atoms with Crippen LogP contribution in [0.5, 0.6) is 11.5 Å². The smallest absolute Gasteiger partial charge is 0.262 e. The van der Waals surface area contributed by atoms with E-state index >= 15 is 0 Å². The number of methoxy groups -OCH3 is 1. The molecule has 0 unspecified atom stereocenters. The van der Waals surface area contributed by atoms with E-state index < -0.39 is 17.6 Å². The number of primary amides is 1. The number of amides is 2. The zero-order valence-electron chi connectivity index (χ0n) is 12.3. The van der Waals surface area contributed by atoms with Crippen LogP contribution in [0, 0.1) is 5.82 Å². The highest BCUT2D eigenvalue weighted by molar-refractivity contribution is 5.96. The number of halogens is 1. The number of ether oxygens (including phenoxy) is 2. The largest absolute Gasteiger partial charge is 0.493 e. The molecule has 0 saturated carbocycles. The van der Waals surface area contributed by atoms with Gasteiger partial charge in [0.1, 0.15) is 5.82 Å². The Balaban J connectivity index is 2.00. The average molecular weight is 318 g/mol. The van der Waals surface area contributed by atoms with Crippen molar-refractivity contribution in [3.63, 3.8) is 0 Å². The number of benzene rings is 2. The van der Waals surface area contributed by atoms with Crippen LogP contribution in [0.2, 0.25) is 0 Å². The van der Waals surface area contributed by atoms with Gasteiger partial charge in [0, 0.05) is 5.69 Å². The van der Waals surface area contributed by atoms with Crippen molar-refractivity contribution in [3.05, 3.63) is 53.8 Å². The molecule has 0 bridgehead atoms. The Hall–Kier alpha value is -3.09. The van der Waals surface area contributed by atoms with Crippen LogP contribution < -0.4 is 20.5 Å².